The predicted octanol–water partition coefficient (Wildman–Crippen LogP) is 4.96. The minimum Gasteiger partial charge on any atom is -0.375 e. The van der Waals surface area contributed by atoms with E-state index in [1.807, 2.05) is 47.4 Å². The van der Waals surface area contributed by atoms with Crippen LogP contribution in [0, 0.1) is 0 Å². The summed E-state index contributed by atoms with van der Waals surface area (Å²) in [5.41, 5.74) is 11.7. The summed E-state index contributed by atoms with van der Waals surface area (Å²) in [6, 6.07) is 21.9. The van der Waals surface area contributed by atoms with E-state index in [0.717, 1.165) is 44.4 Å². The number of carbonyl (C=O) groups excluding carboxylic acids is 1. The molecule has 0 radical (unpaired) electrons. The lowest BCUT2D eigenvalue weighted by atomic mass is 9.96. The molecule has 5 rings (SSSR count). The molecule has 0 amide bonds. The zero-order valence-electron chi connectivity index (χ0n) is 15.5. The lowest BCUT2D eigenvalue weighted by Crippen LogP contribution is -2.30. The van der Waals surface area contributed by atoms with Crippen LogP contribution in [0.25, 0.3) is 21.3 Å². The van der Waals surface area contributed by atoms with E-state index in [-0.39, 0.29) is 6.04 Å². The van der Waals surface area contributed by atoms with Gasteiger partial charge in [-0.1, -0.05) is 53.8 Å². The molecule has 1 aliphatic heterocycles. The lowest BCUT2D eigenvalue weighted by molar-refractivity contribution is -0.111. The van der Waals surface area contributed by atoms with E-state index in [1.165, 1.54) is 11.3 Å². The van der Waals surface area contributed by atoms with Crippen LogP contribution in [0.3, 0.4) is 0 Å². The van der Waals surface area contributed by atoms with Gasteiger partial charge in [0.15, 0.2) is 5.13 Å². The Morgan fingerprint density at radius 1 is 1.03 bits per heavy atom. The van der Waals surface area contributed by atoms with Crippen LogP contribution in [0.4, 0.5) is 10.8 Å². The number of rotatable bonds is 4. The number of nitrogens with two attached hydrogens (primary N) is 1. The SMILES string of the molecule is Nc1nc2cc(-c3ccc4c(c3)C(C=O)N(Cc3ccccc3)C=N4)ccc2s1. The molecule has 0 bridgehead atoms. The number of thiazole rings is 1. The summed E-state index contributed by atoms with van der Waals surface area (Å²) in [7, 11) is 0. The number of aromatic nitrogens is 1. The summed E-state index contributed by atoms with van der Waals surface area (Å²) in [5, 5.41) is 0.564. The molecule has 0 aliphatic carbocycles. The first-order chi connectivity index (χ1) is 14.2. The molecule has 0 spiro atoms. The van der Waals surface area contributed by atoms with Crippen molar-refractivity contribution in [3.05, 3.63) is 77.9 Å². The summed E-state index contributed by atoms with van der Waals surface area (Å²) in [6.07, 6.45) is 2.75. The van der Waals surface area contributed by atoms with Crippen LogP contribution in [0.2, 0.25) is 0 Å². The second-order valence-electron chi connectivity index (χ2n) is 6.99. The third kappa shape index (κ3) is 3.28. The fraction of sp³-hybridized carbons (Fsp3) is 0.0870. The first-order valence-corrected chi connectivity index (χ1v) is 10.1. The van der Waals surface area contributed by atoms with Gasteiger partial charge in [-0.05, 0) is 41.0 Å². The Morgan fingerprint density at radius 2 is 1.83 bits per heavy atom. The van der Waals surface area contributed by atoms with Gasteiger partial charge in [-0.2, -0.15) is 0 Å². The van der Waals surface area contributed by atoms with E-state index in [0.29, 0.717) is 11.7 Å². The topological polar surface area (TPSA) is 71.6 Å². The van der Waals surface area contributed by atoms with Gasteiger partial charge in [0.05, 0.1) is 22.2 Å². The standard InChI is InChI=1S/C23H18N4OS/c24-23-26-20-11-17(7-9-22(20)29-23)16-6-8-19-18(10-16)21(13-28)27(14-25-19)12-15-4-2-1-3-5-15/h1-11,13-14,21H,12H2,(H2,24,26). The average Bonchev–Trinajstić information content (AvgIpc) is 3.13. The first kappa shape index (κ1) is 17.6. The Labute approximate surface area is 172 Å². The Hall–Kier alpha value is -3.51. The van der Waals surface area contributed by atoms with Gasteiger partial charge in [-0.25, -0.2) is 9.98 Å². The number of hydrogen-bond donors (Lipinski definition) is 1. The molecule has 5 nitrogen and oxygen atoms in total. The zero-order chi connectivity index (χ0) is 19.8. The van der Waals surface area contributed by atoms with Crippen molar-refractivity contribution in [2.75, 3.05) is 5.73 Å². The minimum absolute atomic E-state index is 0.374. The largest absolute Gasteiger partial charge is 0.375 e. The molecule has 4 aromatic rings. The second-order valence-corrected chi connectivity index (χ2v) is 8.05. The van der Waals surface area contributed by atoms with Gasteiger partial charge in [0.1, 0.15) is 12.3 Å². The van der Waals surface area contributed by atoms with Crippen LogP contribution >= 0.6 is 11.3 Å². The summed E-state index contributed by atoms with van der Waals surface area (Å²) < 4.78 is 1.06. The average molecular weight is 398 g/mol. The van der Waals surface area contributed by atoms with E-state index >= 15 is 0 Å². The summed E-state index contributed by atoms with van der Waals surface area (Å²) in [5.74, 6) is 0. The monoisotopic (exact) mass is 398 g/mol. The molecule has 142 valence electrons. The van der Waals surface area contributed by atoms with Crippen LogP contribution in [0.15, 0.2) is 71.7 Å². The van der Waals surface area contributed by atoms with Crippen molar-refractivity contribution in [1.29, 1.82) is 0 Å². The van der Waals surface area contributed by atoms with Gasteiger partial charge in [-0.15, -0.1) is 0 Å². The maximum Gasteiger partial charge on any atom is 0.181 e. The van der Waals surface area contributed by atoms with Gasteiger partial charge >= 0.3 is 0 Å². The molecular weight excluding hydrogens is 380 g/mol. The second kappa shape index (κ2) is 7.14. The van der Waals surface area contributed by atoms with Gasteiger partial charge in [0, 0.05) is 12.1 Å². The fourth-order valence-electron chi connectivity index (χ4n) is 3.69. The Balaban J connectivity index is 1.52. The number of fused-ring (bicyclic) bond motifs is 2. The highest BCUT2D eigenvalue weighted by atomic mass is 32.1. The van der Waals surface area contributed by atoms with Crippen molar-refractivity contribution in [3.63, 3.8) is 0 Å². The maximum atomic E-state index is 12.0. The Bertz CT molecular complexity index is 1230. The van der Waals surface area contributed by atoms with Gasteiger partial charge in [0.25, 0.3) is 0 Å². The summed E-state index contributed by atoms with van der Waals surface area (Å²) in [6.45, 7) is 0.626. The molecule has 1 aromatic heterocycles. The fourth-order valence-corrected chi connectivity index (χ4v) is 4.40. The number of aldehydes is 1. The van der Waals surface area contributed by atoms with Crippen molar-refractivity contribution in [2.24, 2.45) is 4.99 Å². The smallest absolute Gasteiger partial charge is 0.181 e. The van der Waals surface area contributed by atoms with E-state index in [2.05, 4.69) is 34.2 Å². The quantitative estimate of drug-likeness (QED) is 0.493. The molecule has 2 heterocycles. The highest BCUT2D eigenvalue weighted by Gasteiger charge is 2.25. The molecule has 1 atom stereocenters. The molecule has 0 saturated heterocycles. The van der Waals surface area contributed by atoms with Crippen LogP contribution in [0.5, 0.6) is 0 Å². The van der Waals surface area contributed by atoms with Crippen LogP contribution < -0.4 is 5.73 Å². The van der Waals surface area contributed by atoms with Crippen molar-refractivity contribution in [1.82, 2.24) is 9.88 Å². The first-order valence-electron chi connectivity index (χ1n) is 9.31. The van der Waals surface area contributed by atoms with E-state index in [9.17, 15) is 4.79 Å². The van der Waals surface area contributed by atoms with E-state index < -0.39 is 0 Å². The summed E-state index contributed by atoms with van der Waals surface area (Å²) >= 11 is 1.48. The molecule has 6 heteroatoms. The minimum atomic E-state index is -0.374. The number of anilines is 1. The molecular formula is C23H18N4OS. The van der Waals surface area contributed by atoms with E-state index in [1.54, 1.807) is 6.34 Å². The number of carbonyl (C=O) groups is 1. The zero-order valence-corrected chi connectivity index (χ0v) is 16.3. The molecule has 1 aliphatic rings. The number of nitrogen functional groups attached to an aromatic ring is 1. The van der Waals surface area contributed by atoms with Gasteiger partial charge < -0.3 is 15.4 Å². The molecule has 1 unspecified atom stereocenters. The van der Waals surface area contributed by atoms with Gasteiger partial charge in [-0.3, -0.25) is 0 Å². The highest BCUT2D eigenvalue weighted by molar-refractivity contribution is 7.22. The summed E-state index contributed by atoms with van der Waals surface area (Å²) in [4.78, 5) is 23.0. The van der Waals surface area contributed by atoms with E-state index in [4.69, 9.17) is 5.73 Å². The van der Waals surface area contributed by atoms with Crippen LogP contribution in [0.1, 0.15) is 17.2 Å². The molecule has 3 aromatic carbocycles. The van der Waals surface area contributed by atoms with Gasteiger partial charge in [0.2, 0.25) is 0 Å². The number of nitrogens with zero attached hydrogens (tertiary/aromatic N) is 3. The molecule has 29 heavy (non-hydrogen) atoms. The molecule has 0 saturated carbocycles. The third-order valence-corrected chi connectivity index (χ3v) is 5.99. The van der Waals surface area contributed by atoms with Crippen LogP contribution in [-0.4, -0.2) is 22.5 Å². The van der Waals surface area contributed by atoms with Crippen LogP contribution in [-0.2, 0) is 11.3 Å². The predicted molar refractivity (Wildman–Crippen MR) is 118 cm³/mol. The third-order valence-electron chi connectivity index (χ3n) is 5.12. The lowest BCUT2D eigenvalue weighted by Gasteiger charge is -2.30. The number of hydrogen-bond acceptors (Lipinski definition) is 6. The van der Waals surface area contributed by atoms with Crippen molar-refractivity contribution >= 4 is 45.0 Å². The molecule has 0 fully saturated rings. The molecule has 2 N–H and O–H groups in total. The number of benzene rings is 3. The number of aliphatic imine (C=N–C) groups is 1. The van der Waals surface area contributed by atoms with Crippen molar-refractivity contribution < 1.29 is 4.79 Å². The van der Waals surface area contributed by atoms with Crippen molar-refractivity contribution in [2.45, 2.75) is 12.6 Å². The Morgan fingerprint density at radius 3 is 2.66 bits per heavy atom. The highest BCUT2D eigenvalue weighted by Crippen LogP contribution is 2.37. The Kier molecular flexibility index (Phi) is 4.33. The van der Waals surface area contributed by atoms with Crippen molar-refractivity contribution in [3.8, 4) is 11.1 Å². The maximum absolute atomic E-state index is 12.0. The normalized spacial score (nSPS) is 15.4.